The van der Waals surface area contributed by atoms with Crippen LogP contribution in [0.5, 0.6) is 11.5 Å². The number of nitrogens with zero attached hydrogens (tertiary/aromatic N) is 1. The van der Waals surface area contributed by atoms with Gasteiger partial charge in [0, 0.05) is 12.2 Å². The van der Waals surface area contributed by atoms with Crippen LogP contribution in [-0.4, -0.2) is 38.1 Å². The van der Waals surface area contributed by atoms with Gasteiger partial charge in [-0.05, 0) is 67.1 Å². The van der Waals surface area contributed by atoms with E-state index >= 15 is 0 Å². The first-order chi connectivity index (χ1) is 15.9. The number of amides is 1. The molecular weight excluding hydrogens is 412 g/mol. The largest absolute Gasteiger partial charge is 0.493 e. The summed E-state index contributed by atoms with van der Waals surface area (Å²) in [4.78, 5) is 15.4. The van der Waals surface area contributed by atoms with Gasteiger partial charge >= 0.3 is 0 Å². The minimum Gasteiger partial charge on any atom is -0.493 e. The third-order valence-electron chi connectivity index (χ3n) is 6.38. The fraction of sp³-hybridized carbons (Fsp3) is 0.321. The van der Waals surface area contributed by atoms with Crippen LogP contribution >= 0.6 is 0 Å². The first-order valence-corrected chi connectivity index (χ1v) is 11.3. The highest BCUT2D eigenvalue weighted by Crippen LogP contribution is 2.40. The fourth-order valence-corrected chi connectivity index (χ4v) is 4.93. The lowest BCUT2D eigenvalue weighted by Gasteiger charge is -2.37. The van der Waals surface area contributed by atoms with E-state index in [1.807, 2.05) is 32.0 Å². The van der Waals surface area contributed by atoms with Gasteiger partial charge in [0.1, 0.15) is 0 Å². The van der Waals surface area contributed by atoms with Crippen LogP contribution in [0, 0.1) is 20.8 Å². The summed E-state index contributed by atoms with van der Waals surface area (Å²) in [5.74, 6) is 1.43. The van der Waals surface area contributed by atoms with E-state index in [0.29, 0.717) is 12.3 Å². The van der Waals surface area contributed by atoms with Crippen LogP contribution in [-0.2, 0) is 11.2 Å². The van der Waals surface area contributed by atoms with E-state index in [2.05, 4.69) is 53.5 Å². The van der Waals surface area contributed by atoms with Crippen molar-refractivity contribution in [2.75, 3.05) is 32.6 Å². The summed E-state index contributed by atoms with van der Waals surface area (Å²) in [6.07, 6.45) is 0.842. The van der Waals surface area contributed by atoms with Crippen molar-refractivity contribution < 1.29 is 14.3 Å². The predicted molar refractivity (Wildman–Crippen MR) is 132 cm³/mol. The van der Waals surface area contributed by atoms with Crippen molar-refractivity contribution in [1.82, 2.24) is 4.90 Å². The van der Waals surface area contributed by atoms with Crippen LogP contribution in [0.2, 0.25) is 0 Å². The van der Waals surface area contributed by atoms with Crippen LogP contribution in [0.25, 0.3) is 0 Å². The number of benzene rings is 3. The van der Waals surface area contributed by atoms with E-state index in [9.17, 15) is 4.79 Å². The summed E-state index contributed by atoms with van der Waals surface area (Å²) in [5.41, 5.74) is 7.81. The third kappa shape index (κ3) is 4.74. The van der Waals surface area contributed by atoms with Crippen molar-refractivity contribution in [2.45, 2.75) is 33.2 Å². The lowest BCUT2D eigenvalue weighted by atomic mass is 9.87. The molecule has 1 amide bonds. The average molecular weight is 445 g/mol. The van der Waals surface area contributed by atoms with Crippen LogP contribution in [0.1, 0.15) is 39.4 Å². The van der Waals surface area contributed by atoms with Gasteiger partial charge in [0.15, 0.2) is 11.5 Å². The topological polar surface area (TPSA) is 50.8 Å². The Morgan fingerprint density at radius 1 is 0.970 bits per heavy atom. The molecule has 1 N–H and O–H groups in total. The normalized spacial score (nSPS) is 15.6. The van der Waals surface area contributed by atoms with Crippen LogP contribution < -0.4 is 14.8 Å². The standard InChI is InChI=1S/C28H32N2O3/c1-18-13-19(2)27(20(3)14-18)29-26(31)17-30-12-11-22-15-24(32-4)25(33-5)16-23(22)28(30)21-9-7-6-8-10-21/h6-10,13-16,28H,11-12,17H2,1-5H3,(H,29,31). The number of rotatable bonds is 6. The van der Waals surface area contributed by atoms with Crippen molar-refractivity contribution in [3.8, 4) is 11.5 Å². The minimum atomic E-state index is -0.0410. The zero-order chi connectivity index (χ0) is 23.5. The van der Waals surface area contributed by atoms with Gasteiger partial charge in [-0.2, -0.15) is 0 Å². The monoisotopic (exact) mass is 444 g/mol. The molecule has 172 valence electrons. The van der Waals surface area contributed by atoms with Gasteiger partial charge in [0.2, 0.25) is 5.91 Å². The number of nitrogens with one attached hydrogen (secondary N) is 1. The van der Waals surface area contributed by atoms with Crippen molar-refractivity contribution in [2.24, 2.45) is 0 Å². The average Bonchev–Trinajstić information content (AvgIpc) is 2.80. The second-order valence-electron chi connectivity index (χ2n) is 8.76. The Morgan fingerprint density at radius 2 is 1.61 bits per heavy atom. The first-order valence-electron chi connectivity index (χ1n) is 11.3. The number of carbonyl (C=O) groups excluding carboxylic acids is 1. The smallest absolute Gasteiger partial charge is 0.238 e. The molecule has 0 spiro atoms. The number of aryl methyl sites for hydroxylation is 3. The minimum absolute atomic E-state index is 0.00471. The van der Waals surface area contributed by atoms with Crippen molar-refractivity contribution >= 4 is 11.6 Å². The van der Waals surface area contributed by atoms with Crippen LogP contribution in [0.3, 0.4) is 0 Å². The second-order valence-corrected chi connectivity index (χ2v) is 8.76. The number of fused-ring (bicyclic) bond motifs is 1. The maximum Gasteiger partial charge on any atom is 0.238 e. The Morgan fingerprint density at radius 3 is 2.24 bits per heavy atom. The molecule has 0 radical (unpaired) electrons. The molecule has 0 saturated heterocycles. The number of hydrogen-bond donors (Lipinski definition) is 1. The highest BCUT2D eigenvalue weighted by atomic mass is 16.5. The molecule has 1 heterocycles. The summed E-state index contributed by atoms with van der Waals surface area (Å²) in [6.45, 7) is 7.24. The molecule has 0 aliphatic carbocycles. The Hall–Kier alpha value is -3.31. The SMILES string of the molecule is COc1cc2c(cc1OC)C(c1ccccc1)N(CC(=O)Nc1c(C)cc(C)cc1C)CC2. The summed E-state index contributed by atoms with van der Waals surface area (Å²) in [6, 6.07) is 18.6. The Balaban J connectivity index is 1.66. The molecule has 1 aliphatic heterocycles. The maximum absolute atomic E-state index is 13.2. The van der Waals surface area contributed by atoms with Gasteiger partial charge in [0.25, 0.3) is 0 Å². The van der Waals surface area contributed by atoms with Gasteiger partial charge in [-0.25, -0.2) is 0 Å². The van der Waals surface area contributed by atoms with Crippen molar-refractivity contribution in [3.05, 3.63) is 88.0 Å². The molecular formula is C28H32N2O3. The summed E-state index contributed by atoms with van der Waals surface area (Å²) >= 11 is 0. The number of methoxy groups -OCH3 is 2. The second kappa shape index (κ2) is 9.67. The summed E-state index contributed by atoms with van der Waals surface area (Å²) in [5, 5.41) is 3.16. The van der Waals surface area contributed by atoms with Gasteiger partial charge in [-0.15, -0.1) is 0 Å². The molecule has 4 rings (SSSR count). The van der Waals surface area contributed by atoms with Crippen molar-refractivity contribution in [1.29, 1.82) is 0 Å². The van der Waals surface area contributed by atoms with Crippen LogP contribution in [0.15, 0.2) is 54.6 Å². The Bertz CT molecular complexity index is 1130. The molecule has 1 aliphatic rings. The molecule has 3 aromatic rings. The molecule has 0 aromatic heterocycles. The number of hydrogen-bond acceptors (Lipinski definition) is 4. The molecule has 0 fully saturated rings. The maximum atomic E-state index is 13.2. The molecule has 33 heavy (non-hydrogen) atoms. The third-order valence-corrected chi connectivity index (χ3v) is 6.38. The van der Waals surface area contributed by atoms with Crippen LogP contribution in [0.4, 0.5) is 5.69 Å². The summed E-state index contributed by atoms with van der Waals surface area (Å²) < 4.78 is 11.1. The molecule has 5 heteroatoms. The molecule has 5 nitrogen and oxygen atoms in total. The van der Waals surface area contributed by atoms with E-state index in [1.165, 1.54) is 11.1 Å². The highest BCUT2D eigenvalue weighted by Gasteiger charge is 2.31. The molecule has 1 atom stereocenters. The molecule has 0 bridgehead atoms. The quantitative estimate of drug-likeness (QED) is 0.567. The van der Waals surface area contributed by atoms with Gasteiger partial charge in [-0.3, -0.25) is 9.69 Å². The summed E-state index contributed by atoms with van der Waals surface area (Å²) in [7, 11) is 3.31. The zero-order valence-corrected chi connectivity index (χ0v) is 20.1. The lowest BCUT2D eigenvalue weighted by Crippen LogP contribution is -2.41. The predicted octanol–water partition coefficient (Wildman–Crippen LogP) is 5.22. The van der Waals surface area contributed by atoms with E-state index in [0.717, 1.165) is 46.7 Å². The molecule has 0 saturated carbocycles. The van der Waals surface area contributed by atoms with Gasteiger partial charge in [0.05, 0.1) is 26.8 Å². The molecule has 1 unspecified atom stereocenters. The van der Waals surface area contributed by atoms with E-state index in [-0.39, 0.29) is 11.9 Å². The van der Waals surface area contributed by atoms with Crippen molar-refractivity contribution in [3.63, 3.8) is 0 Å². The van der Waals surface area contributed by atoms with E-state index < -0.39 is 0 Å². The number of anilines is 1. The Labute approximate surface area is 196 Å². The Kier molecular flexibility index (Phi) is 6.70. The molecule has 3 aromatic carbocycles. The van der Waals surface area contributed by atoms with E-state index in [1.54, 1.807) is 14.2 Å². The zero-order valence-electron chi connectivity index (χ0n) is 20.1. The first kappa shape index (κ1) is 22.9. The fourth-order valence-electron chi connectivity index (χ4n) is 4.93. The number of carbonyl (C=O) groups is 1. The highest BCUT2D eigenvalue weighted by molar-refractivity contribution is 5.94. The van der Waals surface area contributed by atoms with Gasteiger partial charge < -0.3 is 14.8 Å². The van der Waals surface area contributed by atoms with Gasteiger partial charge in [-0.1, -0.05) is 48.0 Å². The van der Waals surface area contributed by atoms with E-state index in [4.69, 9.17) is 9.47 Å². The lowest BCUT2D eigenvalue weighted by molar-refractivity contribution is -0.117. The number of ether oxygens (including phenoxy) is 2.